The molecule has 4 heterocycles. The Hall–Kier alpha value is -7.74. The van der Waals surface area contributed by atoms with Crippen LogP contribution in [0.2, 0.25) is 0 Å². The van der Waals surface area contributed by atoms with Crippen LogP contribution >= 0.6 is 11.3 Å². The Bertz CT molecular complexity index is 3640. The number of benzene rings is 5. The quantitative estimate of drug-likeness (QED) is 0.0373. The number of fused-ring (bicyclic) bond motifs is 2. The fourth-order valence-corrected chi connectivity index (χ4v) is 15.0. The summed E-state index contributed by atoms with van der Waals surface area (Å²) in [7, 11) is 5.32. The van der Waals surface area contributed by atoms with Crippen LogP contribution in [0.4, 0.5) is 41.2 Å². The zero-order valence-electron chi connectivity index (χ0n) is 55.0. The summed E-state index contributed by atoms with van der Waals surface area (Å²) < 4.78 is 110. The number of amides is 5. The Kier molecular flexibility index (Phi) is 23.6. The zero-order chi connectivity index (χ0) is 69.1. The zero-order valence-corrected chi connectivity index (χ0v) is 55.8. The molecule has 6 aromatic rings. The van der Waals surface area contributed by atoms with E-state index in [4.69, 9.17) is 9.47 Å². The van der Waals surface area contributed by atoms with Gasteiger partial charge in [0.1, 0.15) is 24.8 Å². The molecular formula is C73H85F7N8O8S. The molecule has 1 aliphatic carbocycles. The molecule has 16 nitrogen and oxygen atoms in total. The third-order valence-electron chi connectivity index (χ3n) is 19.7. The van der Waals surface area contributed by atoms with Crippen molar-refractivity contribution in [3.8, 4) is 11.1 Å². The highest BCUT2D eigenvalue weighted by molar-refractivity contribution is 7.14. The van der Waals surface area contributed by atoms with E-state index < -0.39 is 64.6 Å². The molecule has 3 saturated heterocycles. The van der Waals surface area contributed by atoms with Crippen molar-refractivity contribution >= 4 is 46.7 Å². The second kappa shape index (κ2) is 31.8. The fraction of sp³-hybridized carbons (Fsp3) is 0.466. The number of nitrogens with one attached hydrogen (secondary N) is 1. The van der Waals surface area contributed by atoms with Gasteiger partial charge in [0.05, 0.1) is 34.3 Å². The molecule has 1 aromatic heterocycles. The van der Waals surface area contributed by atoms with Gasteiger partial charge in [-0.3, -0.25) is 24.1 Å². The molecule has 520 valence electrons. The maximum atomic E-state index is 14.2. The fourth-order valence-electron chi connectivity index (χ4n) is 14.0. The molecule has 0 saturated carbocycles. The molecule has 24 heteroatoms. The number of nitrogens with zero attached hydrogens (tertiary/aromatic N) is 7. The number of rotatable bonds is 27. The van der Waals surface area contributed by atoms with E-state index in [-0.39, 0.29) is 55.5 Å². The Labute approximate surface area is 565 Å². The van der Waals surface area contributed by atoms with Crippen LogP contribution in [-0.2, 0) is 55.4 Å². The van der Waals surface area contributed by atoms with Gasteiger partial charge >= 0.3 is 18.4 Å². The number of carbonyl (C=O) groups excluding carboxylic acids is 4. The normalized spacial score (nSPS) is 18.3. The van der Waals surface area contributed by atoms with Gasteiger partial charge in [0.25, 0.3) is 11.8 Å². The maximum Gasteiger partial charge on any atom is 0.416 e. The Morgan fingerprint density at radius 2 is 1.35 bits per heavy atom. The number of anilines is 1. The molecule has 3 aliphatic heterocycles. The lowest BCUT2D eigenvalue weighted by atomic mass is 9.72. The van der Waals surface area contributed by atoms with E-state index >= 15 is 0 Å². The number of likely N-dealkylation sites (N-methyl/N-ethyl adjacent to an activating group) is 2. The van der Waals surface area contributed by atoms with Crippen LogP contribution in [0, 0.1) is 5.82 Å². The first-order valence-electron chi connectivity index (χ1n) is 33.2. The third kappa shape index (κ3) is 17.8. The van der Waals surface area contributed by atoms with Crippen molar-refractivity contribution in [2.24, 2.45) is 0 Å². The summed E-state index contributed by atoms with van der Waals surface area (Å²) >= 11 is 1.44. The summed E-state index contributed by atoms with van der Waals surface area (Å²) in [5, 5.41) is 13.8. The summed E-state index contributed by atoms with van der Waals surface area (Å²) in [5.41, 5.74) is -0.325. The first kappa shape index (κ1) is 72.0. The third-order valence-corrected chi connectivity index (χ3v) is 20.8. The number of hydrogen-bond donors (Lipinski definition) is 2. The average molecular weight is 1370 g/mol. The van der Waals surface area contributed by atoms with Gasteiger partial charge in [-0.1, -0.05) is 91.3 Å². The van der Waals surface area contributed by atoms with Gasteiger partial charge in [-0.2, -0.15) is 26.3 Å². The van der Waals surface area contributed by atoms with Crippen LogP contribution in [0.3, 0.4) is 0 Å². The second-order valence-electron chi connectivity index (χ2n) is 26.1. The van der Waals surface area contributed by atoms with Crippen molar-refractivity contribution in [2.75, 3.05) is 111 Å². The maximum absolute atomic E-state index is 14.2. The molecule has 2 atom stereocenters. The van der Waals surface area contributed by atoms with E-state index in [1.807, 2.05) is 85.9 Å². The van der Waals surface area contributed by atoms with Crippen molar-refractivity contribution in [3.63, 3.8) is 0 Å². The van der Waals surface area contributed by atoms with Crippen LogP contribution in [0.5, 0.6) is 0 Å². The predicted molar refractivity (Wildman–Crippen MR) is 357 cm³/mol. The second-order valence-corrected chi connectivity index (χ2v) is 27.2. The number of ether oxygens (including phenoxy) is 2. The summed E-state index contributed by atoms with van der Waals surface area (Å²) in [6.07, 6.45) is -4.33. The molecular weight excluding hydrogens is 1280 g/mol. The molecule has 97 heavy (non-hydrogen) atoms. The molecule has 0 unspecified atom stereocenters. The number of halogens is 7. The Balaban J connectivity index is 0.610. The summed E-state index contributed by atoms with van der Waals surface area (Å²) in [6, 6.07) is 35.5. The number of likely N-dealkylation sites (tertiary alicyclic amines) is 2. The minimum absolute atomic E-state index is 0.0285. The van der Waals surface area contributed by atoms with Gasteiger partial charge in [-0.15, -0.1) is 11.3 Å². The predicted octanol–water partition coefficient (Wildman–Crippen LogP) is 12.7. The first-order valence-corrected chi connectivity index (χ1v) is 34.1. The summed E-state index contributed by atoms with van der Waals surface area (Å²) in [4.78, 5) is 80.5. The largest absolute Gasteiger partial charge is 0.465 e. The van der Waals surface area contributed by atoms with Crippen molar-refractivity contribution in [1.29, 1.82) is 0 Å². The van der Waals surface area contributed by atoms with Crippen LogP contribution in [-0.4, -0.2) is 183 Å². The average Bonchev–Trinajstić information content (AvgIpc) is 1.61. The number of para-hydroxylation sites is 1. The lowest BCUT2D eigenvalue weighted by molar-refractivity contribution is -0.143. The van der Waals surface area contributed by atoms with Gasteiger partial charge in [-0.25, -0.2) is 9.18 Å². The first-order chi connectivity index (χ1) is 46.4. The van der Waals surface area contributed by atoms with E-state index in [2.05, 4.69) is 27.2 Å². The number of carboxylic acid groups (broad SMARTS) is 1. The minimum atomic E-state index is -5.15. The number of carbonyl (C=O) groups is 5. The van der Waals surface area contributed by atoms with Crippen LogP contribution in [0.15, 0.2) is 133 Å². The molecule has 3 fully saturated rings. The van der Waals surface area contributed by atoms with Crippen molar-refractivity contribution in [1.82, 2.24) is 34.7 Å². The molecule has 2 N–H and O–H groups in total. The Morgan fingerprint density at radius 3 is 2.05 bits per heavy atom. The highest BCUT2D eigenvalue weighted by Gasteiger charge is 2.50. The number of thiophene rings is 1. The van der Waals surface area contributed by atoms with Gasteiger partial charge in [0.15, 0.2) is 0 Å². The van der Waals surface area contributed by atoms with E-state index in [0.29, 0.717) is 119 Å². The smallest absolute Gasteiger partial charge is 0.416 e. The van der Waals surface area contributed by atoms with Gasteiger partial charge in [-0.05, 0) is 148 Å². The molecule has 0 radical (unpaired) electrons. The summed E-state index contributed by atoms with van der Waals surface area (Å²) in [6.45, 7) is 5.90. The lowest BCUT2D eigenvalue weighted by Crippen LogP contribution is -2.50. The lowest BCUT2D eigenvalue weighted by Gasteiger charge is -2.44. The monoisotopic (exact) mass is 1370 g/mol. The van der Waals surface area contributed by atoms with E-state index in [1.165, 1.54) is 40.5 Å². The number of alkyl halides is 6. The van der Waals surface area contributed by atoms with E-state index in [9.17, 15) is 59.8 Å². The van der Waals surface area contributed by atoms with Crippen molar-refractivity contribution in [3.05, 3.63) is 182 Å². The van der Waals surface area contributed by atoms with E-state index in [0.717, 1.165) is 77.5 Å². The molecule has 5 aromatic carbocycles. The van der Waals surface area contributed by atoms with Crippen LogP contribution in [0.25, 0.3) is 11.1 Å². The molecule has 1 spiro atoms. The standard InChI is InChI=1S/C73H85F7N8O8S/c1-82(34-14-35-84(3)68(92)63-27-26-59(97-63)47-81-33-13-5-8-21-65(89)83(2)41-42-85-36-28-58(29-37-85)88(69(93)94)62-20-12-10-18-60(62)51-15-6-4-7-16-51)66(90)48-95-64-45-52-17-9-11-19-61(52)70(64)30-38-86(39-31-70)40-32-71(54-22-24-57(74)25-23-54)49-87(50-96-71)67(91)53-43-55(72(75,76)77)46-56(44-53)73(78,79)80/h4,6-7,9-12,15-20,22-27,43-44,46,58,64,81H,5,8,13-14,21,28-42,45,47-50H2,1-3H3,(H,93,94)/t64-,71+/m0/s1. The minimum Gasteiger partial charge on any atom is -0.465 e. The SMILES string of the molecule is CN(CCN1CCC(N(C(=O)O)c2ccccc2-c2ccccc2)CC1)C(=O)CCCCCNCc1ccc(C(=O)N(C)CCCN(C)C(=O)CO[C@H]2Cc3ccccc3C23CCN(CC[C@]2(c4ccc(F)cc4)CN(C(=O)c4cc(C(F)(F)F)cc(C(F)(F)F)c4)CO2)CC3)s1. The topological polar surface area (TPSA) is 159 Å². The highest BCUT2D eigenvalue weighted by atomic mass is 32.1. The van der Waals surface area contributed by atoms with Crippen LogP contribution in [0.1, 0.15) is 117 Å². The number of hydrogen-bond acceptors (Lipinski definition) is 11. The van der Waals surface area contributed by atoms with Gasteiger partial charge < -0.3 is 49.3 Å². The number of unbranched alkanes of at least 4 members (excludes halogenated alkanes) is 2. The molecule has 0 bridgehead atoms. The highest BCUT2D eigenvalue weighted by Crippen LogP contribution is 2.49. The van der Waals surface area contributed by atoms with Crippen LogP contribution < -0.4 is 10.2 Å². The molecule has 10 rings (SSSR count). The molecule has 4 aliphatic rings. The van der Waals surface area contributed by atoms with Gasteiger partial charge in [0.2, 0.25) is 11.8 Å². The Morgan fingerprint density at radius 1 is 0.701 bits per heavy atom. The number of piperidine rings is 2. The van der Waals surface area contributed by atoms with E-state index in [1.54, 1.807) is 28.8 Å². The van der Waals surface area contributed by atoms with Crippen molar-refractivity contribution in [2.45, 2.75) is 113 Å². The van der Waals surface area contributed by atoms with Crippen molar-refractivity contribution < 1.29 is 69.3 Å². The van der Waals surface area contributed by atoms with Gasteiger partial charge in [0, 0.05) is 107 Å². The molecule has 5 amide bonds. The summed E-state index contributed by atoms with van der Waals surface area (Å²) in [5.74, 6) is -1.78.